The largest absolute Gasteiger partial charge is 0.0843 e. The Labute approximate surface area is 123 Å². The van der Waals surface area contributed by atoms with Gasteiger partial charge < -0.3 is 0 Å². The minimum atomic E-state index is 0.782. The first kappa shape index (κ1) is 11.7. The van der Waals surface area contributed by atoms with E-state index in [1.54, 1.807) is 0 Å². The zero-order valence-corrected chi connectivity index (χ0v) is 11.7. The van der Waals surface area contributed by atoms with E-state index < -0.39 is 0 Å². The molecule has 0 atom stereocenters. The van der Waals surface area contributed by atoms with Crippen LogP contribution in [0.5, 0.6) is 0 Å². The van der Waals surface area contributed by atoms with Gasteiger partial charge in [-0.15, -0.1) is 0 Å². The molecule has 0 bridgehead atoms. The second-order valence-electron chi connectivity index (χ2n) is 5.17. The van der Waals surface area contributed by atoms with Crippen LogP contribution in [0.15, 0.2) is 66.7 Å². The van der Waals surface area contributed by atoms with Crippen molar-refractivity contribution in [3.8, 4) is 22.3 Å². The summed E-state index contributed by atoms with van der Waals surface area (Å²) in [6, 6.07) is 23.3. The Morgan fingerprint density at radius 2 is 1.35 bits per heavy atom. The summed E-state index contributed by atoms with van der Waals surface area (Å²) < 4.78 is 0. The van der Waals surface area contributed by atoms with Crippen molar-refractivity contribution in [2.45, 2.75) is 6.42 Å². The number of fused-ring (bicyclic) bond motifs is 3. The molecule has 0 aliphatic heterocycles. The first-order chi connectivity index (χ1) is 9.83. The first-order valence-corrected chi connectivity index (χ1v) is 7.17. The lowest BCUT2D eigenvalue weighted by molar-refractivity contribution is 1.26. The summed E-state index contributed by atoms with van der Waals surface area (Å²) in [5.41, 5.74) is 8.14. The van der Waals surface area contributed by atoms with Gasteiger partial charge in [0.25, 0.3) is 0 Å². The molecule has 0 saturated heterocycles. The van der Waals surface area contributed by atoms with Crippen molar-refractivity contribution in [3.63, 3.8) is 0 Å². The molecule has 96 valence electrons. The summed E-state index contributed by atoms with van der Waals surface area (Å²) in [6.45, 7) is 0. The molecule has 0 N–H and O–H groups in total. The van der Waals surface area contributed by atoms with E-state index >= 15 is 0 Å². The number of hydrogen-bond donors (Lipinski definition) is 0. The van der Waals surface area contributed by atoms with Crippen LogP contribution in [-0.4, -0.2) is 0 Å². The summed E-state index contributed by atoms with van der Waals surface area (Å²) in [4.78, 5) is 0. The Morgan fingerprint density at radius 1 is 0.650 bits per heavy atom. The molecule has 4 rings (SSSR count). The number of benzene rings is 3. The van der Waals surface area contributed by atoms with E-state index in [1.165, 1.54) is 33.4 Å². The van der Waals surface area contributed by atoms with Gasteiger partial charge in [0.15, 0.2) is 0 Å². The van der Waals surface area contributed by atoms with Crippen LogP contribution in [0.3, 0.4) is 0 Å². The highest BCUT2D eigenvalue weighted by Crippen LogP contribution is 2.41. The van der Waals surface area contributed by atoms with Crippen molar-refractivity contribution >= 4 is 11.6 Å². The summed E-state index contributed by atoms with van der Waals surface area (Å²) in [7, 11) is 0. The van der Waals surface area contributed by atoms with Gasteiger partial charge in [0.1, 0.15) is 0 Å². The summed E-state index contributed by atoms with van der Waals surface area (Å²) in [5.74, 6) is 0. The maximum atomic E-state index is 5.99. The SMILES string of the molecule is Clc1ccc(-c2cccc3c2Cc2ccccc2-3)cc1. The molecule has 0 heterocycles. The van der Waals surface area contributed by atoms with E-state index in [9.17, 15) is 0 Å². The smallest absolute Gasteiger partial charge is 0.0406 e. The summed E-state index contributed by atoms with van der Waals surface area (Å²) in [5, 5.41) is 0.782. The number of halogens is 1. The molecule has 1 aliphatic carbocycles. The van der Waals surface area contributed by atoms with Gasteiger partial charge in [0.05, 0.1) is 0 Å². The van der Waals surface area contributed by atoms with Crippen molar-refractivity contribution in [3.05, 3.63) is 82.9 Å². The zero-order chi connectivity index (χ0) is 13.5. The Morgan fingerprint density at radius 3 is 2.20 bits per heavy atom. The Bertz CT molecular complexity index is 785. The molecule has 1 heteroatoms. The van der Waals surface area contributed by atoms with Gasteiger partial charge in [-0.2, -0.15) is 0 Å². The monoisotopic (exact) mass is 276 g/mol. The van der Waals surface area contributed by atoms with E-state index in [0.29, 0.717) is 0 Å². The quantitative estimate of drug-likeness (QED) is 0.426. The van der Waals surface area contributed by atoms with Crippen LogP contribution in [0.1, 0.15) is 11.1 Å². The minimum Gasteiger partial charge on any atom is -0.0843 e. The average Bonchev–Trinajstić information content (AvgIpc) is 2.87. The van der Waals surface area contributed by atoms with Crippen LogP contribution in [0.4, 0.5) is 0 Å². The van der Waals surface area contributed by atoms with Gasteiger partial charge in [0, 0.05) is 5.02 Å². The van der Waals surface area contributed by atoms with Crippen molar-refractivity contribution in [2.24, 2.45) is 0 Å². The van der Waals surface area contributed by atoms with E-state index in [2.05, 4.69) is 54.6 Å². The second-order valence-corrected chi connectivity index (χ2v) is 5.61. The molecule has 0 saturated carbocycles. The third-order valence-electron chi connectivity index (χ3n) is 4.01. The molecule has 0 unspecified atom stereocenters. The summed E-state index contributed by atoms with van der Waals surface area (Å²) >= 11 is 5.99. The van der Waals surface area contributed by atoms with E-state index in [1.807, 2.05) is 12.1 Å². The van der Waals surface area contributed by atoms with Crippen LogP contribution in [0.25, 0.3) is 22.3 Å². The van der Waals surface area contributed by atoms with E-state index in [0.717, 1.165) is 11.4 Å². The fourth-order valence-electron chi connectivity index (χ4n) is 3.06. The standard InChI is InChI=1S/C19H13Cl/c20-15-10-8-13(9-11-15)16-6-3-7-18-17-5-2-1-4-14(17)12-19(16)18/h1-11H,12H2. The van der Waals surface area contributed by atoms with Crippen LogP contribution >= 0.6 is 11.6 Å². The minimum absolute atomic E-state index is 0.782. The molecular formula is C19H13Cl. The van der Waals surface area contributed by atoms with Gasteiger partial charge in [-0.05, 0) is 51.9 Å². The second kappa shape index (κ2) is 4.50. The first-order valence-electron chi connectivity index (χ1n) is 6.79. The van der Waals surface area contributed by atoms with Crippen molar-refractivity contribution in [1.82, 2.24) is 0 Å². The Hall–Kier alpha value is -2.05. The van der Waals surface area contributed by atoms with Gasteiger partial charge in [-0.1, -0.05) is 66.2 Å². The van der Waals surface area contributed by atoms with Crippen molar-refractivity contribution < 1.29 is 0 Å². The van der Waals surface area contributed by atoms with Crippen LogP contribution < -0.4 is 0 Å². The van der Waals surface area contributed by atoms with Gasteiger partial charge >= 0.3 is 0 Å². The molecule has 0 amide bonds. The molecular weight excluding hydrogens is 264 g/mol. The predicted octanol–water partition coefficient (Wildman–Crippen LogP) is 5.58. The summed E-state index contributed by atoms with van der Waals surface area (Å²) in [6.07, 6.45) is 1.02. The third-order valence-corrected chi connectivity index (χ3v) is 4.26. The highest BCUT2D eigenvalue weighted by Gasteiger charge is 2.20. The molecule has 1 aliphatic rings. The molecule has 0 radical (unpaired) electrons. The average molecular weight is 277 g/mol. The Balaban J connectivity index is 1.91. The van der Waals surface area contributed by atoms with E-state index in [4.69, 9.17) is 11.6 Å². The molecule has 3 aromatic rings. The maximum absolute atomic E-state index is 5.99. The van der Waals surface area contributed by atoms with Gasteiger partial charge in [-0.25, -0.2) is 0 Å². The fourth-order valence-corrected chi connectivity index (χ4v) is 3.18. The lowest BCUT2D eigenvalue weighted by Gasteiger charge is -2.09. The number of rotatable bonds is 1. The topological polar surface area (TPSA) is 0 Å². The molecule has 3 aromatic carbocycles. The van der Waals surface area contributed by atoms with Gasteiger partial charge in [-0.3, -0.25) is 0 Å². The normalized spacial score (nSPS) is 12.1. The Kier molecular flexibility index (Phi) is 2.64. The maximum Gasteiger partial charge on any atom is 0.0406 e. The molecule has 0 nitrogen and oxygen atoms in total. The molecule has 0 aromatic heterocycles. The molecule has 0 spiro atoms. The highest BCUT2D eigenvalue weighted by atomic mass is 35.5. The van der Waals surface area contributed by atoms with Crippen molar-refractivity contribution in [1.29, 1.82) is 0 Å². The molecule has 0 fully saturated rings. The lowest BCUT2D eigenvalue weighted by atomic mass is 9.96. The van der Waals surface area contributed by atoms with E-state index in [-0.39, 0.29) is 0 Å². The van der Waals surface area contributed by atoms with Gasteiger partial charge in [0.2, 0.25) is 0 Å². The predicted molar refractivity (Wildman–Crippen MR) is 85.1 cm³/mol. The zero-order valence-electron chi connectivity index (χ0n) is 10.9. The van der Waals surface area contributed by atoms with Crippen LogP contribution in [0, 0.1) is 0 Å². The third kappa shape index (κ3) is 1.76. The van der Waals surface area contributed by atoms with Crippen LogP contribution in [0.2, 0.25) is 5.02 Å². The van der Waals surface area contributed by atoms with Crippen molar-refractivity contribution in [2.75, 3.05) is 0 Å². The number of hydrogen-bond acceptors (Lipinski definition) is 0. The fraction of sp³-hybridized carbons (Fsp3) is 0.0526. The molecule has 20 heavy (non-hydrogen) atoms. The lowest BCUT2D eigenvalue weighted by Crippen LogP contribution is -1.87. The highest BCUT2D eigenvalue weighted by molar-refractivity contribution is 6.30. The van der Waals surface area contributed by atoms with Crippen LogP contribution in [-0.2, 0) is 6.42 Å².